The van der Waals surface area contributed by atoms with Crippen molar-refractivity contribution in [3.05, 3.63) is 84.6 Å². The first-order chi connectivity index (χ1) is 14.3. The van der Waals surface area contributed by atoms with Gasteiger partial charge in [-0.2, -0.15) is 0 Å². The largest absolute Gasteiger partial charge is 0.489 e. The van der Waals surface area contributed by atoms with Crippen molar-refractivity contribution in [3.8, 4) is 17.0 Å². The molecule has 2 aromatic heterocycles. The van der Waals surface area contributed by atoms with Crippen LogP contribution >= 0.6 is 0 Å². The third-order valence-electron chi connectivity index (χ3n) is 5.76. The quantitative estimate of drug-likeness (QED) is 0.534. The molecule has 146 valence electrons. The van der Waals surface area contributed by atoms with Crippen LogP contribution in [0.1, 0.15) is 30.1 Å². The van der Waals surface area contributed by atoms with Gasteiger partial charge in [0.05, 0.1) is 17.4 Å². The van der Waals surface area contributed by atoms with Crippen LogP contribution in [0.4, 0.5) is 0 Å². The van der Waals surface area contributed by atoms with E-state index < -0.39 is 0 Å². The van der Waals surface area contributed by atoms with Gasteiger partial charge in [-0.15, -0.1) is 0 Å². The molecule has 5 heteroatoms. The normalized spacial score (nSPS) is 18.5. The second kappa shape index (κ2) is 7.68. The SMILES string of the molecule is NCC1CC(c2nc(-c3cccc(OCc4ccccc4)c3)c3cnccn23)C1. The summed E-state index contributed by atoms with van der Waals surface area (Å²) in [5, 5.41) is 0. The lowest BCUT2D eigenvalue weighted by atomic mass is 9.74. The first kappa shape index (κ1) is 17.9. The van der Waals surface area contributed by atoms with Crippen LogP contribution in [0.2, 0.25) is 0 Å². The number of ether oxygens (including phenoxy) is 1. The zero-order valence-corrected chi connectivity index (χ0v) is 16.2. The highest BCUT2D eigenvalue weighted by molar-refractivity contribution is 5.78. The van der Waals surface area contributed by atoms with Gasteiger partial charge in [-0.25, -0.2) is 4.98 Å². The molecule has 2 N–H and O–H groups in total. The summed E-state index contributed by atoms with van der Waals surface area (Å²) in [7, 11) is 0. The predicted octanol–water partition coefficient (Wildman–Crippen LogP) is 4.43. The molecule has 0 amide bonds. The third kappa shape index (κ3) is 3.49. The van der Waals surface area contributed by atoms with Gasteiger partial charge in [0.15, 0.2) is 0 Å². The molecule has 2 aromatic carbocycles. The van der Waals surface area contributed by atoms with Crippen LogP contribution in [-0.2, 0) is 6.61 Å². The predicted molar refractivity (Wildman–Crippen MR) is 114 cm³/mol. The molecule has 0 radical (unpaired) electrons. The molecule has 1 fully saturated rings. The summed E-state index contributed by atoms with van der Waals surface area (Å²) in [6, 6.07) is 18.3. The highest BCUT2D eigenvalue weighted by Gasteiger charge is 2.33. The van der Waals surface area contributed by atoms with Gasteiger partial charge in [0.1, 0.15) is 18.2 Å². The van der Waals surface area contributed by atoms with E-state index in [1.165, 1.54) is 0 Å². The number of nitrogens with two attached hydrogens (primary N) is 1. The second-order valence-corrected chi connectivity index (χ2v) is 7.72. The first-order valence-corrected chi connectivity index (χ1v) is 10.1. The standard InChI is InChI=1S/C24H24N4O/c25-14-18-11-20(12-18)24-27-23(22-15-26-9-10-28(22)24)19-7-4-8-21(13-19)29-16-17-5-2-1-3-6-17/h1-10,13,15,18,20H,11-12,14,16,25H2. The lowest BCUT2D eigenvalue weighted by Gasteiger charge is -2.33. The molecule has 1 aliphatic carbocycles. The number of nitrogens with zero attached hydrogens (tertiary/aromatic N) is 3. The van der Waals surface area contributed by atoms with E-state index in [4.69, 9.17) is 15.5 Å². The molecule has 0 spiro atoms. The Morgan fingerprint density at radius 2 is 1.93 bits per heavy atom. The first-order valence-electron chi connectivity index (χ1n) is 10.1. The van der Waals surface area contributed by atoms with Gasteiger partial charge in [-0.05, 0) is 43.0 Å². The number of benzene rings is 2. The van der Waals surface area contributed by atoms with Crippen LogP contribution in [0, 0.1) is 5.92 Å². The Bertz CT molecular complexity index is 1120. The van der Waals surface area contributed by atoms with Gasteiger partial charge in [0.2, 0.25) is 0 Å². The Morgan fingerprint density at radius 1 is 1.07 bits per heavy atom. The molecule has 1 saturated carbocycles. The summed E-state index contributed by atoms with van der Waals surface area (Å²) in [4.78, 5) is 9.37. The fourth-order valence-electron chi connectivity index (χ4n) is 4.08. The molecule has 0 saturated heterocycles. The van der Waals surface area contributed by atoms with Crippen molar-refractivity contribution >= 4 is 5.52 Å². The van der Waals surface area contributed by atoms with Crippen molar-refractivity contribution in [3.63, 3.8) is 0 Å². The Hall–Kier alpha value is -3.18. The van der Waals surface area contributed by atoms with Crippen molar-refractivity contribution in [2.45, 2.75) is 25.4 Å². The molecule has 2 heterocycles. The maximum atomic E-state index is 6.02. The summed E-state index contributed by atoms with van der Waals surface area (Å²) < 4.78 is 8.20. The molecule has 0 atom stereocenters. The van der Waals surface area contributed by atoms with E-state index in [0.29, 0.717) is 18.4 Å². The van der Waals surface area contributed by atoms with Gasteiger partial charge in [0.25, 0.3) is 0 Å². The van der Waals surface area contributed by atoms with Gasteiger partial charge in [0, 0.05) is 23.9 Å². The molecule has 29 heavy (non-hydrogen) atoms. The number of hydrogen-bond acceptors (Lipinski definition) is 4. The average Bonchev–Trinajstić information content (AvgIpc) is 3.12. The minimum Gasteiger partial charge on any atom is -0.489 e. The highest BCUT2D eigenvalue weighted by atomic mass is 16.5. The van der Waals surface area contributed by atoms with Crippen molar-refractivity contribution in [1.29, 1.82) is 0 Å². The van der Waals surface area contributed by atoms with E-state index in [1.807, 2.05) is 48.9 Å². The summed E-state index contributed by atoms with van der Waals surface area (Å²) in [6.07, 6.45) is 7.94. The molecule has 5 nitrogen and oxygen atoms in total. The van der Waals surface area contributed by atoms with E-state index in [-0.39, 0.29) is 0 Å². The van der Waals surface area contributed by atoms with E-state index >= 15 is 0 Å². The number of imidazole rings is 1. The van der Waals surface area contributed by atoms with E-state index in [0.717, 1.165) is 53.3 Å². The van der Waals surface area contributed by atoms with Crippen molar-refractivity contribution in [2.75, 3.05) is 6.54 Å². The molecule has 0 unspecified atom stereocenters. The van der Waals surface area contributed by atoms with Crippen molar-refractivity contribution in [2.24, 2.45) is 11.7 Å². The molecular weight excluding hydrogens is 360 g/mol. The summed E-state index contributed by atoms with van der Waals surface area (Å²) >= 11 is 0. The van der Waals surface area contributed by atoms with E-state index in [2.05, 4.69) is 33.7 Å². The number of hydrogen-bond donors (Lipinski definition) is 1. The molecule has 4 aromatic rings. The molecule has 0 aliphatic heterocycles. The van der Waals surface area contributed by atoms with Crippen LogP contribution in [0.5, 0.6) is 5.75 Å². The Labute approximate surface area is 170 Å². The molecule has 5 rings (SSSR count). The fourth-order valence-corrected chi connectivity index (χ4v) is 4.08. The van der Waals surface area contributed by atoms with Crippen LogP contribution in [0.3, 0.4) is 0 Å². The van der Waals surface area contributed by atoms with Crippen LogP contribution in [-0.4, -0.2) is 20.9 Å². The Balaban J connectivity index is 1.45. The average molecular weight is 384 g/mol. The Morgan fingerprint density at radius 3 is 2.76 bits per heavy atom. The van der Waals surface area contributed by atoms with Crippen molar-refractivity contribution < 1.29 is 4.74 Å². The summed E-state index contributed by atoms with van der Waals surface area (Å²) in [6.45, 7) is 1.30. The highest BCUT2D eigenvalue weighted by Crippen LogP contribution is 2.42. The van der Waals surface area contributed by atoms with Crippen LogP contribution in [0.25, 0.3) is 16.8 Å². The summed E-state index contributed by atoms with van der Waals surface area (Å²) in [5.74, 6) is 3.03. The van der Waals surface area contributed by atoms with E-state index in [9.17, 15) is 0 Å². The van der Waals surface area contributed by atoms with Gasteiger partial charge < -0.3 is 10.5 Å². The zero-order chi connectivity index (χ0) is 19.6. The smallest absolute Gasteiger partial charge is 0.120 e. The molecular formula is C24H24N4O. The minimum absolute atomic E-state index is 0.463. The van der Waals surface area contributed by atoms with E-state index in [1.54, 1.807) is 0 Å². The lowest BCUT2D eigenvalue weighted by molar-refractivity contribution is 0.262. The van der Waals surface area contributed by atoms with Crippen molar-refractivity contribution in [1.82, 2.24) is 14.4 Å². The Kier molecular flexibility index (Phi) is 4.74. The summed E-state index contributed by atoms with van der Waals surface area (Å²) in [5.41, 5.74) is 9.99. The fraction of sp³-hybridized carbons (Fsp3) is 0.250. The van der Waals surface area contributed by atoms with Gasteiger partial charge >= 0.3 is 0 Å². The van der Waals surface area contributed by atoms with Crippen LogP contribution < -0.4 is 10.5 Å². The molecule has 0 bridgehead atoms. The lowest BCUT2D eigenvalue weighted by Crippen LogP contribution is -2.29. The monoisotopic (exact) mass is 384 g/mol. The number of fused-ring (bicyclic) bond motifs is 1. The third-order valence-corrected chi connectivity index (χ3v) is 5.76. The number of aromatic nitrogens is 3. The maximum absolute atomic E-state index is 6.02. The topological polar surface area (TPSA) is 65.4 Å². The van der Waals surface area contributed by atoms with Gasteiger partial charge in [-0.1, -0.05) is 42.5 Å². The maximum Gasteiger partial charge on any atom is 0.120 e. The number of rotatable bonds is 6. The van der Waals surface area contributed by atoms with Gasteiger partial charge in [-0.3, -0.25) is 9.38 Å². The molecule has 1 aliphatic rings. The van der Waals surface area contributed by atoms with Crippen LogP contribution in [0.15, 0.2) is 73.2 Å². The zero-order valence-electron chi connectivity index (χ0n) is 16.2. The second-order valence-electron chi connectivity index (χ2n) is 7.72. The minimum atomic E-state index is 0.463.